The van der Waals surface area contributed by atoms with Crippen LogP contribution in [0.25, 0.3) is 0 Å². The predicted molar refractivity (Wildman–Crippen MR) is 53.5 cm³/mol. The van der Waals surface area contributed by atoms with Crippen molar-refractivity contribution >= 4 is 0 Å². The van der Waals surface area contributed by atoms with Crippen molar-refractivity contribution in [1.29, 1.82) is 5.26 Å². The molecule has 0 saturated heterocycles. The van der Waals surface area contributed by atoms with Crippen LogP contribution in [0.2, 0.25) is 0 Å². The fraction of sp³-hybridized carbons (Fsp3) is 0.455. The van der Waals surface area contributed by atoms with Gasteiger partial charge in [-0.2, -0.15) is 5.26 Å². The first-order valence-electron chi connectivity index (χ1n) is 4.50. The van der Waals surface area contributed by atoms with Crippen LogP contribution >= 0.6 is 0 Å². The van der Waals surface area contributed by atoms with E-state index in [1.54, 1.807) is 12.3 Å². The molecule has 0 spiro atoms. The monoisotopic (exact) mass is 190 g/mol. The van der Waals surface area contributed by atoms with Crippen molar-refractivity contribution in [3.63, 3.8) is 0 Å². The lowest BCUT2D eigenvalue weighted by Gasteiger charge is -2.18. The average molecular weight is 190 g/mol. The number of rotatable bonds is 2. The van der Waals surface area contributed by atoms with Crippen molar-refractivity contribution in [2.75, 3.05) is 0 Å². The smallest absolute Gasteiger partial charge is 0.101 e. The third kappa shape index (κ3) is 3.55. The molecule has 0 aliphatic rings. The normalized spacial score (nSPS) is 11.0. The molecule has 0 aliphatic carbocycles. The molecule has 1 heterocycles. The van der Waals surface area contributed by atoms with Gasteiger partial charge in [-0.15, -0.1) is 0 Å². The molecular formula is C11H14N2O. The van der Waals surface area contributed by atoms with Gasteiger partial charge in [0.05, 0.1) is 23.5 Å². The van der Waals surface area contributed by atoms with E-state index < -0.39 is 0 Å². The van der Waals surface area contributed by atoms with Crippen LogP contribution in [-0.2, 0) is 11.3 Å². The zero-order valence-corrected chi connectivity index (χ0v) is 8.74. The van der Waals surface area contributed by atoms with Crippen LogP contribution < -0.4 is 0 Å². The highest BCUT2D eigenvalue weighted by Gasteiger charge is 2.10. The minimum Gasteiger partial charge on any atom is -0.370 e. The molecule has 74 valence electrons. The van der Waals surface area contributed by atoms with Gasteiger partial charge in [0.15, 0.2) is 0 Å². The van der Waals surface area contributed by atoms with Crippen molar-refractivity contribution in [2.45, 2.75) is 33.0 Å². The highest BCUT2D eigenvalue weighted by atomic mass is 16.5. The first-order chi connectivity index (χ1) is 6.51. The van der Waals surface area contributed by atoms with Crippen molar-refractivity contribution < 1.29 is 4.74 Å². The molecule has 0 aliphatic heterocycles. The van der Waals surface area contributed by atoms with E-state index in [2.05, 4.69) is 4.98 Å². The molecular weight excluding hydrogens is 176 g/mol. The number of nitriles is 1. The largest absolute Gasteiger partial charge is 0.370 e. The molecule has 0 unspecified atom stereocenters. The van der Waals surface area contributed by atoms with Crippen LogP contribution in [0.3, 0.4) is 0 Å². The second-order valence-electron chi connectivity index (χ2n) is 4.05. The minimum atomic E-state index is -0.157. The number of ether oxygens (including phenoxy) is 1. The molecule has 1 rings (SSSR count). The molecule has 3 heteroatoms. The molecule has 1 aromatic rings. The van der Waals surface area contributed by atoms with E-state index in [-0.39, 0.29) is 5.60 Å². The van der Waals surface area contributed by atoms with Crippen LogP contribution in [0.1, 0.15) is 32.0 Å². The lowest BCUT2D eigenvalue weighted by Crippen LogP contribution is -2.19. The van der Waals surface area contributed by atoms with E-state index >= 15 is 0 Å². The lowest BCUT2D eigenvalue weighted by molar-refractivity contribution is -0.0164. The van der Waals surface area contributed by atoms with Gasteiger partial charge in [-0.25, -0.2) is 0 Å². The molecule has 1 aromatic heterocycles. The Labute approximate surface area is 84.3 Å². The fourth-order valence-electron chi connectivity index (χ4n) is 0.866. The zero-order valence-electron chi connectivity index (χ0n) is 8.74. The summed E-state index contributed by atoms with van der Waals surface area (Å²) in [5.41, 5.74) is 1.26. The van der Waals surface area contributed by atoms with Gasteiger partial charge in [0.2, 0.25) is 0 Å². The third-order valence-corrected chi connectivity index (χ3v) is 1.61. The van der Waals surface area contributed by atoms with E-state index in [9.17, 15) is 0 Å². The zero-order chi connectivity index (χ0) is 10.6. The van der Waals surface area contributed by atoms with Gasteiger partial charge in [0.25, 0.3) is 0 Å². The Bertz CT molecular complexity index is 330. The first kappa shape index (κ1) is 10.7. The van der Waals surface area contributed by atoms with Crippen molar-refractivity contribution in [3.8, 4) is 6.07 Å². The average Bonchev–Trinajstić information content (AvgIpc) is 2.14. The van der Waals surface area contributed by atoms with E-state index in [1.807, 2.05) is 32.9 Å². The quantitative estimate of drug-likeness (QED) is 0.718. The second-order valence-corrected chi connectivity index (χ2v) is 4.05. The predicted octanol–water partition coefficient (Wildman–Crippen LogP) is 2.27. The fourth-order valence-corrected chi connectivity index (χ4v) is 0.866. The Balaban J connectivity index is 2.58. The number of nitrogens with zero attached hydrogens (tertiary/aromatic N) is 2. The Hall–Kier alpha value is -1.40. The van der Waals surface area contributed by atoms with Gasteiger partial charge >= 0.3 is 0 Å². The third-order valence-electron chi connectivity index (χ3n) is 1.61. The second kappa shape index (κ2) is 4.21. The summed E-state index contributed by atoms with van der Waals surface area (Å²) in [6.45, 7) is 6.47. The molecule has 3 nitrogen and oxygen atoms in total. The summed E-state index contributed by atoms with van der Waals surface area (Å²) < 4.78 is 5.54. The van der Waals surface area contributed by atoms with E-state index in [0.717, 1.165) is 5.69 Å². The summed E-state index contributed by atoms with van der Waals surface area (Å²) in [4.78, 5) is 4.11. The van der Waals surface area contributed by atoms with E-state index in [4.69, 9.17) is 10.00 Å². The van der Waals surface area contributed by atoms with Crippen LogP contribution in [0, 0.1) is 11.3 Å². The van der Waals surface area contributed by atoms with E-state index in [0.29, 0.717) is 12.2 Å². The Morgan fingerprint density at radius 1 is 1.43 bits per heavy atom. The topological polar surface area (TPSA) is 45.9 Å². The lowest BCUT2D eigenvalue weighted by atomic mass is 10.2. The van der Waals surface area contributed by atoms with Crippen LogP contribution in [0.5, 0.6) is 0 Å². The molecule has 0 aromatic carbocycles. The summed E-state index contributed by atoms with van der Waals surface area (Å²) in [6.07, 6.45) is 1.56. The van der Waals surface area contributed by atoms with Gasteiger partial charge in [-0.3, -0.25) is 4.98 Å². The Morgan fingerprint density at radius 3 is 2.57 bits per heavy atom. The maximum atomic E-state index is 8.57. The molecule has 0 bridgehead atoms. The van der Waals surface area contributed by atoms with Gasteiger partial charge in [-0.05, 0) is 32.9 Å². The summed E-state index contributed by atoms with van der Waals surface area (Å²) in [7, 11) is 0. The maximum absolute atomic E-state index is 8.57. The molecule has 0 N–H and O–H groups in total. The standard InChI is InChI=1S/C11H14N2O/c1-11(2,3)14-8-10-5-4-9(6-12)7-13-10/h4-5,7H,8H2,1-3H3. The number of aromatic nitrogens is 1. The molecule has 0 amide bonds. The Kier molecular flexibility index (Phi) is 3.21. The number of hydrogen-bond acceptors (Lipinski definition) is 3. The molecule has 0 radical (unpaired) electrons. The number of pyridine rings is 1. The molecule has 14 heavy (non-hydrogen) atoms. The van der Waals surface area contributed by atoms with E-state index in [1.165, 1.54) is 0 Å². The van der Waals surface area contributed by atoms with Crippen molar-refractivity contribution in [1.82, 2.24) is 4.98 Å². The van der Waals surface area contributed by atoms with Crippen LogP contribution in [-0.4, -0.2) is 10.6 Å². The van der Waals surface area contributed by atoms with Crippen molar-refractivity contribution in [2.24, 2.45) is 0 Å². The molecule has 0 saturated carbocycles. The summed E-state index contributed by atoms with van der Waals surface area (Å²) in [6, 6.07) is 5.58. The van der Waals surface area contributed by atoms with Crippen LogP contribution in [0.15, 0.2) is 18.3 Å². The van der Waals surface area contributed by atoms with Gasteiger partial charge < -0.3 is 4.74 Å². The van der Waals surface area contributed by atoms with Crippen LogP contribution in [0.4, 0.5) is 0 Å². The van der Waals surface area contributed by atoms with Gasteiger partial charge in [0, 0.05) is 6.20 Å². The maximum Gasteiger partial charge on any atom is 0.101 e. The molecule has 0 fully saturated rings. The minimum absolute atomic E-state index is 0.157. The first-order valence-corrected chi connectivity index (χ1v) is 4.50. The summed E-state index contributed by atoms with van der Waals surface area (Å²) in [5, 5.41) is 8.57. The highest BCUT2D eigenvalue weighted by molar-refractivity contribution is 5.26. The van der Waals surface area contributed by atoms with Gasteiger partial charge in [-0.1, -0.05) is 0 Å². The molecule has 0 atom stereocenters. The van der Waals surface area contributed by atoms with Gasteiger partial charge in [0.1, 0.15) is 6.07 Å². The van der Waals surface area contributed by atoms with Crippen molar-refractivity contribution in [3.05, 3.63) is 29.6 Å². The summed E-state index contributed by atoms with van der Waals surface area (Å²) in [5.74, 6) is 0. The SMILES string of the molecule is CC(C)(C)OCc1ccc(C#N)cn1. The highest BCUT2D eigenvalue weighted by Crippen LogP contribution is 2.10. The Morgan fingerprint density at radius 2 is 2.14 bits per heavy atom. The summed E-state index contributed by atoms with van der Waals surface area (Å²) >= 11 is 0. The number of hydrogen-bond donors (Lipinski definition) is 0.